The number of nitrogens with zero attached hydrogens (tertiary/aromatic N) is 1. The van der Waals surface area contributed by atoms with E-state index in [2.05, 4.69) is 25.7 Å². The molecule has 0 rings (SSSR count). The fourth-order valence-electron chi connectivity index (χ4n) is 3.30. The monoisotopic (exact) mass is 379 g/mol. The molecule has 0 aliphatic rings. The van der Waals surface area contributed by atoms with Gasteiger partial charge in [0.1, 0.15) is 0 Å². The van der Waals surface area contributed by atoms with Crippen LogP contribution in [0.4, 0.5) is 0 Å². The van der Waals surface area contributed by atoms with Gasteiger partial charge in [0.05, 0.1) is 0 Å². The molecule has 0 bridgehead atoms. The van der Waals surface area contributed by atoms with Gasteiger partial charge in [-0.2, -0.15) is 0 Å². The van der Waals surface area contributed by atoms with E-state index in [1.165, 1.54) is 6.42 Å². The molecule has 0 unspecified atom stereocenters. The summed E-state index contributed by atoms with van der Waals surface area (Å²) < 4.78 is 22.9. The Hall–Kier alpha value is 0.234. The smallest absolute Gasteiger partial charge is 0.337 e. The molecule has 0 saturated heterocycles. The van der Waals surface area contributed by atoms with Crippen molar-refractivity contribution in [3.05, 3.63) is 0 Å². The van der Waals surface area contributed by atoms with Crippen LogP contribution in [0.25, 0.3) is 0 Å². The summed E-state index contributed by atoms with van der Waals surface area (Å²) in [4.78, 5) is 2.57. The van der Waals surface area contributed by atoms with Crippen molar-refractivity contribution in [3.8, 4) is 0 Å². The van der Waals surface area contributed by atoms with E-state index in [-0.39, 0.29) is 0 Å². The molecule has 0 fully saturated rings. The lowest BCUT2D eigenvalue weighted by Gasteiger charge is -2.29. The van der Waals surface area contributed by atoms with Crippen molar-refractivity contribution >= 4 is 17.1 Å². The zero-order valence-corrected chi connectivity index (χ0v) is 19.2. The minimum atomic E-state index is -1.95. The predicted molar refractivity (Wildman–Crippen MR) is 106 cm³/mol. The Bertz CT molecular complexity index is 258. The maximum atomic E-state index is 5.72. The lowest BCUT2D eigenvalue weighted by Crippen LogP contribution is -2.41. The SMILES string of the molecule is CCCN(CCC[Si](CC)(OC)OC)CCC[Si](CC)(OC)OC. The van der Waals surface area contributed by atoms with Crippen LogP contribution in [0, 0.1) is 0 Å². The first-order valence-corrected chi connectivity index (χ1v) is 13.9. The summed E-state index contributed by atoms with van der Waals surface area (Å²) in [5, 5.41) is 0. The fourth-order valence-corrected chi connectivity index (χ4v) is 7.71. The molecule has 24 heavy (non-hydrogen) atoms. The van der Waals surface area contributed by atoms with E-state index in [0.29, 0.717) is 0 Å². The maximum Gasteiger partial charge on any atom is 0.337 e. The molecule has 0 aromatic heterocycles. The molecule has 0 aliphatic carbocycles. The molecule has 7 heteroatoms. The van der Waals surface area contributed by atoms with Gasteiger partial charge in [0.25, 0.3) is 0 Å². The zero-order chi connectivity index (χ0) is 18.5. The third-order valence-electron chi connectivity index (χ3n) is 5.17. The second-order valence-electron chi connectivity index (χ2n) is 6.39. The highest BCUT2D eigenvalue weighted by molar-refractivity contribution is 6.67. The van der Waals surface area contributed by atoms with Gasteiger partial charge in [-0.1, -0.05) is 20.8 Å². The third-order valence-corrected chi connectivity index (χ3v) is 12.5. The largest absolute Gasteiger partial charge is 0.398 e. The number of hydrogen-bond donors (Lipinski definition) is 0. The first-order valence-electron chi connectivity index (χ1n) is 9.43. The standard InChI is InChI=1S/C17H41NO4Si2/c1-8-13-18(14-11-16-23(9-2,19-4)20-5)15-12-17-24(10-3,21-6)22-7/h8-17H2,1-7H3. The summed E-state index contributed by atoms with van der Waals surface area (Å²) in [6.07, 6.45) is 3.48. The van der Waals surface area contributed by atoms with Gasteiger partial charge >= 0.3 is 17.1 Å². The van der Waals surface area contributed by atoms with Crippen LogP contribution in [-0.4, -0.2) is 70.1 Å². The molecule has 0 aromatic rings. The predicted octanol–water partition coefficient (Wildman–Crippen LogP) is 3.99. The Labute approximate surface area is 152 Å². The van der Waals surface area contributed by atoms with Crippen LogP contribution in [0.2, 0.25) is 24.2 Å². The number of hydrogen-bond acceptors (Lipinski definition) is 5. The van der Waals surface area contributed by atoms with E-state index in [4.69, 9.17) is 17.7 Å². The second-order valence-corrected chi connectivity index (χ2v) is 14.1. The average molecular weight is 380 g/mol. The Kier molecular flexibility index (Phi) is 13.6. The highest BCUT2D eigenvalue weighted by Crippen LogP contribution is 2.21. The van der Waals surface area contributed by atoms with Crippen molar-refractivity contribution in [1.82, 2.24) is 4.90 Å². The second kappa shape index (κ2) is 13.4. The van der Waals surface area contributed by atoms with Crippen molar-refractivity contribution in [1.29, 1.82) is 0 Å². The van der Waals surface area contributed by atoms with Gasteiger partial charge in [-0.25, -0.2) is 0 Å². The Morgan fingerprint density at radius 3 is 1.25 bits per heavy atom. The minimum absolute atomic E-state index is 1.01. The first-order chi connectivity index (χ1) is 11.5. The van der Waals surface area contributed by atoms with Crippen LogP contribution in [-0.2, 0) is 17.7 Å². The summed E-state index contributed by atoms with van der Waals surface area (Å²) in [5.41, 5.74) is 0. The van der Waals surface area contributed by atoms with Gasteiger partial charge < -0.3 is 22.6 Å². The van der Waals surface area contributed by atoms with Gasteiger partial charge in [0, 0.05) is 28.4 Å². The quantitative estimate of drug-likeness (QED) is 0.379. The molecule has 0 radical (unpaired) electrons. The summed E-state index contributed by atoms with van der Waals surface area (Å²) >= 11 is 0. The number of rotatable bonds is 16. The van der Waals surface area contributed by atoms with Crippen molar-refractivity contribution in [2.75, 3.05) is 48.1 Å². The molecule has 0 saturated carbocycles. The van der Waals surface area contributed by atoms with E-state index < -0.39 is 17.1 Å². The lowest BCUT2D eigenvalue weighted by molar-refractivity contribution is 0.226. The highest BCUT2D eigenvalue weighted by Gasteiger charge is 2.33. The summed E-state index contributed by atoms with van der Waals surface area (Å²) in [5.74, 6) is 0. The van der Waals surface area contributed by atoms with E-state index in [1.807, 2.05) is 0 Å². The van der Waals surface area contributed by atoms with Crippen LogP contribution >= 0.6 is 0 Å². The maximum absolute atomic E-state index is 5.72. The van der Waals surface area contributed by atoms with E-state index in [0.717, 1.165) is 56.7 Å². The zero-order valence-electron chi connectivity index (χ0n) is 17.2. The van der Waals surface area contributed by atoms with Crippen molar-refractivity contribution in [3.63, 3.8) is 0 Å². The Balaban J connectivity index is 4.35. The van der Waals surface area contributed by atoms with Crippen LogP contribution in [0.15, 0.2) is 0 Å². The molecule has 146 valence electrons. The average Bonchev–Trinajstić information content (AvgIpc) is 2.63. The Morgan fingerprint density at radius 2 is 1.00 bits per heavy atom. The molecule has 0 N–H and O–H groups in total. The normalized spacial score (nSPS) is 13.0. The van der Waals surface area contributed by atoms with Gasteiger partial charge in [0.15, 0.2) is 0 Å². The van der Waals surface area contributed by atoms with Gasteiger partial charge in [0.2, 0.25) is 0 Å². The Morgan fingerprint density at radius 1 is 0.625 bits per heavy atom. The molecule has 0 atom stereocenters. The molecule has 0 amide bonds. The van der Waals surface area contributed by atoms with Gasteiger partial charge in [-0.3, -0.25) is 0 Å². The van der Waals surface area contributed by atoms with Gasteiger partial charge in [-0.15, -0.1) is 0 Å². The van der Waals surface area contributed by atoms with E-state index >= 15 is 0 Å². The van der Waals surface area contributed by atoms with Crippen LogP contribution < -0.4 is 0 Å². The molecule has 0 heterocycles. The van der Waals surface area contributed by atoms with Crippen LogP contribution in [0.5, 0.6) is 0 Å². The first kappa shape index (κ1) is 24.2. The summed E-state index contributed by atoms with van der Waals surface area (Å²) in [6.45, 7) is 9.99. The fraction of sp³-hybridized carbons (Fsp3) is 1.00. The lowest BCUT2D eigenvalue weighted by atomic mass is 10.3. The van der Waals surface area contributed by atoms with Gasteiger partial charge in [-0.05, 0) is 63.1 Å². The summed E-state index contributed by atoms with van der Waals surface area (Å²) in [7, 11) is 3.31. The molecule has 0 spiro atoms. The molecule has 0 aromatic carbocycles. The van der Waals surface area contributed by atoms with Crippen molar-refractivity contribution in [2.45, 2.75) is 64.2 Å². The van der Waals surface area contributed by atoms with Crippen molar-refractivity contribution in [2.24, 2.45) is 0 Å². The van der Waals surface area contributed by atoms with Crippen LogP contribution in [0.1, 0.15) is 40.0 Å². The van der Waals surface area contributed by atoms with Crippen molar-refractivity contribution < 1.29 is 17.7 Å². The van der Waals surface area contributed by atoms with E-state index in [1.54, 1.807) is 28.4 Å². The topological polar surface area (TPSA) is 40.2 Å². The van der Waals surface area contributed by atoms with Crippen LogP contribution in [0.3, 0.4) is 0 Å². The summed E-state index contributed by atoms with van der Waals surface area (Å²) in [6, 6.07) is 4.17. The van der Waals surface area contributed by atoms with E-state index in [9.17, 15) is 0 Å². The highest BCUT2D eigenvalue weighted by atomic mass is 28.4. The molecular weight excluding hydrogens is 338 g/mol. The molecule has 0 aliphatic heterocycles. The molecular formula is C17H41NO4Si2. The molecule has 5 nitrogen and oxygen atoms in total. The minimum Gasteiger partial charge on any atom is -0.398 e. The third kappa shape index (κ3) is 8.08.